The number of likely N-dealkylation sites (N-methyl/N-ethyl adjacent to an activating group) is 1. The van der Waals surface area contributed by atoms with Crippen LogP contribution in [-0.2, 0) is 6.54 Å². The summed E-state index contributed by atoms with van der Waals surface area (Å²) in [6, 6.07) is 2.01. The molecule has 1 aromatic rings. The van der Waals surface area contributed by atoms with Gasteiger partial charge in [0.15, 0.2) is 0 Å². The van der Waals surface area contributed by atoms with E-state index in [1.165, 1.54) is 23.5 Å². The molecule has 0 aliphatic carbocycles. The molecule has 16 heavy (non-hydrogen) atoms. The lowest BCUT2D eigenvalue weighted by molar-refractivity contribution is 0.175. The molecule has 2 rings (SSSR count). The molecule has 1 fully saturated rings. The van der Waals surface area contributed by atoms with Crippen LogP contribution in [0.25, 0.3) is 0 Å². The molecule has 1 aromatic heterocycles. The number of thioether (sulfide) groups is 1. The Labute approximate surface area is 102 Å². The fraction of sp³-hybridized carbons (Fsp3) is 0.667. The minimum Gasteiger partial charge on any atom is -0.472 e. The molecule has 0 aromatic carbocycles. The Bertz CT molecular complexity index is 305. The van der Waals surface area contributed by atoms with Gasteiger partial charge in [-0.05, 0) is 32.3 Å². The van der Waals surface area contributed by atoms with Crippen molar-refractivity contribution in [3.8, 4) is 0 Å². The van der Waals surface area contributed by atoms with Gasteiger partial charge in [-0.3, -0.25) is 0 Å². The molecule has 0 amide bonds. The van der Waals surface area contributed by atoms with Crippen LogP contribution in [0.4, 0.5) is 0 Å². The summed E-state index contributed by atoms with van der Waals surface area (Å²) in [6.45, 7) is 1.95. The van der Waals surface area contributed by atoms with Crippen LogP contribution in [0.15, 0.2) is 23.0 Å². The van der Waals surface area contributed by atoms with E-state index in [-0.39, 0.29) is 0 Å². The highest BCUT2D eigenvalue weighted by molar-refractivity contribution is 7.99. The van der Waals surface area contributed by atoms with Gasteiger partial charge in [0.05, 0.1) is 12.5 Å². The van der Waals surface area contributed by atoms with Crippen molar-refractivity contribution in [3.05, 3.63) is 24.2 Å². The molecule has 1 aliphatic rings. The second-order valence-corrected chi connectivity index (χ2v) is 5.76. The largest absolute Gasteiger partial charge is 0.472 e. The molecule has 1 N–H and O–H groups in total. The standard InChI is InChI=1S/C12H20N2OS/c1-14(2)12(4-6-16-10-12)9-13-7-11-3-5-15-8-11/h3,5,8,13H,4,6-7,9-10H2,1-2H3. The number of rotatable bonds is 5. The molecule has 90 valence electrons. The average molecular weight is 240 g/mol. The summed E-state index contributed by atoms with van der Waals surface area (Å²) in [5, 5.41) is 3.54. The molecule has 3 nitrogen and oxygen atoms in total. The molecule has 2 heterocycles. The minimum absolute atomic E-state index is 0.342. The van der Waals surface area contributed by atoms with Crippen molar-refractivity contribution in [2.75, 3.05) is 32.1 Å². The quantitative estimate of drug-likeness (QED) is 0.849. The van der Waals surface area contributed by atoms with Gasteiger partial charge >= 0.3 is 0 Å². The maximum atomic E-state index is 5.06. The summed E-state index contributed by atoms with van der Waals surface area (Å²) in [5.74, 6) is 2.52. The SMILES string of the molecule is CN(C)C1(CNCc2ccoc2)CCSC1. The van der Waals surface area contributed by atoms with Crippen LogP contribution in [0.5, 0.6) is 0 Å². The molecule has 4 heteroatoms. The van der Waals surface area contributed by atoms with E-state index >= 15 is 0 Å². The highest BCUT2D eigenvalue weighted by Crippen LogP contribution is 2.31. The van der Waals surface area contributed by atoms with Gasteiger partial charge in [0, 0.05) is 29.9 Å². The minimum atomic E-state index is 0.342. The number of nitrogens with zero attached hydrogens (tertiary/aromatic N) is 1. The fourth-order valence-electron chi connectivity index (χ4n) is 2.08. The Hall–Kier alpha value is -0.450. The zero-order valence-corrected chi connectivity index (χ0v) is 10.8. The van der Waals surface area contributed by atoms with Crippen LogP contribution in [0.1, 0.15) is 12.0 Å². The molecule has 0 radical (unpaired) electrons. The van der Waals surface area contributed by atoms with Gasteiger partial charge in [0.25, 0.3) is 0 Å². The van der Waals surface area contributed by atoms with Gasteiger partial charge in [-0.15, -0.1) is 0 Å². The highest BCUT2D eigenvalue weighted by atomic mass is 32.2. The van der Waals surface area contributed by atoms with E-state index in [0.717, 1.165) is 13.1 Å². The van der Waals surface area contributed by atoms with Gasteiger partial charge in [-0.25, -0.2) is 0 Å². The number of hydrogen-bond acceptors (Lipinski definition) is 4. The second-order valence-electron chi connectivity index (χ2n) is 4.66. The third kappa shape index (κ3) is 2.62. The number of furan rings is 1. The predicted molar refractivity (Wildman–Crippen MR) is 68.8 cm³/mol. The van der Waals surface area contributed by atoms with Crippen LogP contribution < -0.4 is 5.32 Å². The van der Waals surface area contributed by atoms with Crippen LogP contribution in [0.2, 0.25) is 0 Å². The summed E-state index contributed by atoms with van der Waals surface area (Å²) >= 11 is 2.06. The number of nitrogens with one attached hydrogen (secondary N) is 1. The molecule has 1 saturated heterocycles. The fourth-order valence-corrected chi connectivity index (χ4v) is 3.63. The smallest absolute Gasteiger partial charge is 0.0947 e. The lowest BCUT2D eigenvalue weighted by atomic mass is 9.97. The van der Waals surface area contributed by atoms with E-state index in [4.69, 9.17) is 4.42 Å². The van der Waals surface area contributed by atoms with Crippen LogP contribution >= 0.6 is 11.8 Å². The van der Waals surface area contributed by atoms with Gasteiger partial charge in [-0.1, -0.05) is 0 Å². The van der Waals surface area contributed by atoms with E-state index in [2.05, 4.69) is 36.1 Å². The normalized spacial score (nSPS) is 25.4. The Balaban J connectivity index is 1.83. The molecular weight excluding hydrogens is 220 g/mol. The Kier molecular flexibility index (Phi) is 3.95. The average Bonchev–Trinajstić information content (AvgIpc) is 2.88. The monoisotopic (exact) mass is 240 g/mol. The third-order valence-corrected chi connectivity index (χ3v) is 4.63. The van der Waals surface area contributed by atoms with Crippen LogP contribution in [0, 0.1) is 0 Å². The Morgan fingerprint density at radius 3 is 3.00 bits per heavy atom. The van der Waals surface area contributed by atoms with Gasteiger partial charge in [0.1, 0.15) is 0 Å². The van der Waals surface area contributed by atoms with E-state index in [0.29, 0.717) is 5.54 Å². The lowest BCUT2D eigenvalue weighted by Crippen LogP contribution is -2.51. The first-order chi connectivity index (χ1) is 7.73. The summed E-state index contributed by atoms with van der Waals surface area (Å²) in [4.78, 5) is 2.37. The van der Waals surface area contributed by atoms with Gasteiger partial charge in [-0.2, -0.15) is 11.8 Å². The first kappa shape index (κ1) is 12.0. The maximum Gasteiger partial charge on any atom is 0.0947 e. The van der Waals surface area contributed by atoms with Crippen molar-refractivity contribution >= 4 is 11.8 Å². The van der Waals surface area contributed by atoms with E-state index in [1.807, 2.05) is 6.07 Å². The summed E-state index contributed by atoms with van der Waals surface area (Å²) in [6.07, 6.45) is 4.81. The summed E-state index contributed by atoms with van der Waals surface area (Å²) in [5.41, 5.74) is 1.56. The molecule has 1 unspecified atom stereocenters. The van der Waals surface area contributed by atoms with Crippen LogP contribution in [0.3, 0.4) is 0 Å². The van der Waals surface area contributed by atoms with Gasteiger partial charge < -0.3 is 14.6 Å². The Morgan fingerprint density at radius 1 is 1.56 bits per heavy atom. The Morgan fingerprint density at radius 2 is 2.44 bits per heavy atom. The summed E-state index contributed by atoms with van der Waals surface area (Å²) < 4.78 is 5.06. The van der Waals surface area contributed by atoms with Crippen LogP contribution in [-0.4, -0.2) is 42.6 Å². The first-order valence-electron chi connectivity index (χ1n) is 5.70. The third-order valence-electron chi connectivity index (χ3n) is 3.39. The van der Waals surface area contributed by atoms with E-state index in [1.54, 1.807) is 12.5 Å². The van der Waals surface area contributed by atoms with Crippen molar-refractivity contribution in [1.82, 2.24) is 10.2 Å². The second kappa shape index (κ2) is 5.25. The van der Waals surface area contributed by atoms with E-state index < -0.39 is 0 Å². The highest BCUT2D eigenvalue weighted by Gasteiger charge is 2.35. The molecule has 1 aliphatic heterocycles. The molecule has 0 saturated carbocycles. The topological polar surface area (TPSA) is 28.4 Å². The van der Waals surface area contributed by atoms with Crippen molar-refractivity contribution in [1.29, 1.82) is 0 Å². The van der Waals surface area contributed by atoms with Gasteiger partial charge in [0.2, 0.25) is 0 Å². The molecule has 1 atom stereocenters. The maximum absolute atomic E-state index is 5.06. The van der Waals surface area contributed by atoms with Crippen molar-refractivity contribution < 1.29 is 4.42 Å². The predicted octanol–water partition coefficient (Wildman–Crippen LogP) is 1.81. The molecule has 0 bridgehead atoms. The zero-order valence-electron chi connectivity index (χ0n) is 10.0. The first-order valence-corrected chi connectivity index (χ1v) is 6.85. The summed E-state index contributed by atoms with van der Waals surface area (Å²) in [7, 11) is 4.37. The van der Waals surface area contributed by atoms with Crippen molar-refractivity contribution in [3.63, 3.8) is 0 Å². The van der Waals surface area contributed by atoms with Crippen molar-refractivity contribution in [2.45, 2.75) is 18.5 Å². The number of hydrogen-bond donors (Lipinski definition) is 1. The zero-order chi connectivity index (χ0) is 11.4. The molecule has 0 spiro atoms. The lowest BCUT2D eigenvalue weighted by Gasteiger charge is -2.35. The molecular formula is C12H20N2OS. The van der Waals surface area contributed by atoms with Crippen molar-refractivity contribution in [2.24, 2.45) is 0 Å². The van der Waals surface area contributed by atoms with E-state index in [9.17, 15) is 0 Å².